The SMILES string of the molecule is Cc1ccc(-c2ccccc2)c(-c2cn[nH]n2)c1. The second-order valence-electron chi connectivity index (χ2n) is 4.27. The van der Waals surface area contributed by atoms with Crippen LogP contribution in [0.1, 0.15) is 5.56 Å². The zero-order valence-electron chi connectivity index (χ0n) is 10.1. The molecule has 0 aliphatic heterocycles. The molecule has 0 unspecified atom stereocenters. The Balaban J connectivity index is 2.21. The minimum Gasteiger partial charge on any atom is -0.197 e. The van der Waals surface area contributed by atoms with Gasteiger partial charge in [-0.05, 0) is 24.1 Å². The molecule has 0 saturated carbocycles. The maximum Gasteiger partial charge on any atom is 0.113 e. The van der Waals surface area contributed by atoms with E-state index in [-0.39, 0.29) is 0 Å². The fourth-order valence-corrected chi connectivity index (χ4v) is 2.07. The molecule has 3 nitrogen and oxygen atoms in total. The molecule has 0 spiro atoms. The van der Waals surface area contributed by atoms with Crippen LogP contribution in [0.15, 0.2) is 54.7 Å². The normalized spacial score (nSPS) is 10.5. The van der Waals surface area contributed by atoms with Gasteiger partial charge in [-0.15, -0.1) is 0 Å². The molecule has 3 aromatic rings. The molecule has 0 saturated heterocycles. The molecule has 0 bridgehead atoms. The maximum absolute atomic E-state index is 4.18. The lowest BCUT2D eigenvalue weighted by Crippen LogP contribution is -1.87. The van der Waals surface area contributed by atoms with Gasteiger partial charge in [0.25, 0.3) is 0 Å². The van der Waals surface area contributed by atoms with E-state index in [0.29, 0.717) is 0 Å². The summed E-state index contributed by atoms with van der Waals surface area (Å²) in [6.45, 7) is 2.08. The Morgan fingerprint density at radius 2 is 1.78 bits per heavy atom. The summed E-state index contributed by atoms with van der Waals surface area (Å²) >= 11 is 0. The Bertz CT molecular complexity index is 643. The second-order valence-corrected chi connectivity index (χ2v) is 4.27. The monoisotopic (exact) mass is 235 g/mol. The van der Waals surface area contributed by atoms with Gasteiger partial charge in [0.1, 0.15) is 5.69 Å². The number of aryl methyl sites for hydroxylation is 1. The van der Waals surface area contributed by atoms with Crippen LogP contribution in [0.25, 0.3) is 22.4 Å². The van der Waals surface area contributed by atoms with Gasteiger partial charge in [-0.25, -0.2) is 0 Å². The molecule has 1 aromatic heterocycles. The van der Waals surface area contributed by atoms with Crippen molar-refractivity contribution in [2.45, 2.75) is 6.92 Å². The third-order valence-corrected chi connectivity index (χ3v) is 2.95. The van der Waals surface area contributed by atoms with Crippen molar-refractivity contribution >= 4 is 0 Å². The first-order valence-electron chi connectivity index (χ1n) is 5.87. The number of aromatic amines is 1. The minimum absolute atomic E-state index is 0.873. The molecule has 0 aliphatic carbocycles. The fraction of sp³-hybridized carbons (Fsp3) is 0.0667. The fourth-order valence-electron chi connectivity index (χ4n) is 2.07. The predicted molar refractivity (Wildman–Crippen MR) is 72.0 cm³/mol. The summed E-state index contributed by atoms with van der Waals surface area (Å²) in [5, 5.41) is 10.7. The summed E-state index contributed by atoms with van der Waals surface area (Å²) in [6, 6.07) is 16.7. The summed E-state index contributed by atoms with van der Waals surface area (Å²) in [5.74, 6) is 0. The van der Waals surface area contributed by atoms with E-state index in [2.05, 4.69) is 52.7 Å². The Hall–Kier alpha value is -2.42. The molecular formula is C15H13N3. The highest BCUT2D eigenvalue weighted by molar-refractivity contribution is 5.81. The van der Waals surface area contributed by atoms with Crippen LogP contribution in [0, 0.1) is 6.92 Å². The number of H-pyrrole nitrogens is 1. The van der Waals surface area contributed by atoms with Gasteiger partial charge in [-0.1, -0.05) is 48.0 Å². The van der Waals surface area contributed by atoms with Crippen molar-refractivity contribution in [3.8, 4) is 22.4 Å². The molecule has 0 aliphatic rings. The topological polar surface area (TPSA) is 41.6 Å². The third-order valence-electron chi connectivity index (χ3n) is 2.95. The Labute approximate surface area is 105 Å². The lowest BCUT2D eigenvalue weighted by molar-refractivity contribution is 0.942. The van der Waals surface area contributed by atoms with Gasteiger partial charge in [0.2, 0.25) is 0 Å². The zero-order valence-corrected chi connectivity index (χ0v) is 10.1. The van der Waals surface area contributed by atoms with Gasteiger partial charge < -0.3 is 0 Å². The van der Waals surface area contributed by atoms with Gasteiger partial charge in [-0.3, -0.25) is 0 Å². The van der Waals surface area contributed by atoms with Crippen molar-refractivity contribution in [1.82, 2.24) is 15.4 Å². The van der Waals surface area contributed by atoms with Crippen LogP contribution in [0.5, 0.6) is 0 Å². The lowest BCUT2D eigenvalue weighted by atomic mass is 9.96. The van der Waals surface area contributed by atoms with Crippen LogP contribution in [0.2, 0.25) is 0 Å². The van der Waals surface area contributed by atoms with Gasteiger partial charge in [0.05, 0.1) is 6.20 Å². The van der Waals surface area contributed by atoms with Crippen LogP contribution in [0.3, 0.4) is 0 Å². The summed E-state index contributed by atoms with van der Waals surface area (Å²) in [6.07, 6.45) is 1.75. The van der Waals surface area contributed by atoms with Crippen molar-refractivity contribution in [1.29, 1.82) is 0 Å². The van der Waals surface area contributed by atoms with E-state index in [1.54, 1.807) is 6.20 Å². The van der Waals surface area contributed by atoms with Gasteiger partial charge in [0.15, 0.2) is 0 Å². The van der Waals surface area contributed by atoms with Gasteiger partial charge in [-0.2, -0.15) is 15.4 Å². The number of nitrogens with zero attached hydrogens (tertiary/aromatic N) is 2. The highest BCUT2D eigenvalue weighted by Gasteiger charge is 2.09. The van der Waals surface area contributed by atoms with Gasteiger partial charge >= 0.3 is 0 Å². The molecule has 0 atom stereocenters. The highest BCUT2D eigenvalue weighted by Crippen LogP contribution is 2.31. The van der Waals surface area contributed by atoms with Crippen LogP contribution < -0.4 is 0 Å². The highest BCUT2D eigenvalue weighted by atomic mass is 15.3. The second kappa shape index (κ2) is 4.45. The number of hydrogen-bond donors (Lipinski definition) is 1. The molecule has 2 aromatic carbocycles. The molecule has 3 heteroatoms. The molecule has 1 heterocycles. The summed E-state index contributed by atoms with van der Waals surface area (Å²) in [5.41, 5.74) is 5.56. The van der Waals surface area contributed by atoms with E-state index < -0.39 is 0 Å². The summed E-state index contributed by atoms with van der Waals surface area (Å²) < 4.78 is 0. The molecular weight excluding hydrogens is 222 g/mol. The molecule has 0 amide bonds. The van der Waals surface area contributed by atoms with Crippen molar-refractivity contribution in [3.63, 3.8) is 0 Å². The van der Waals surface area contributed by atoms with E-state index in [1.807, 2.05) is 18.2 Å². The first-order valence-corrected chi connectivity index (χ1v) is 5.87. The number of aromatic nitrogens is 3. The lowest BCUT2D eigenvalue weighted by Gasteiger charge is -2.08. The van der Waals surface area contributed by atoms with Crippen molar-refractivity contribution in [2.24, 2.45) is 0 Å². The Morgan fingerprint density at radius 1 is 0.944 bits per heavy atom. The smallest absolute Gasteiger partial charge is 0.113 e. The van der Waals surface area contributed by atoms with E-state index in [9.17, 15) is 0 Å². The quantitative estimate of drug-likeness (QED) is 0.739. The molecule has 0 fully saturated rings. The molecule has 1 N–H and O–H groups in total. The van der Waals surface area contributed by atoms with E-state index in [0.717, 1.165) is 11.3 Å². The molecule has 88 valence electrons. The summed E-state index contributed by atoms with van der Waals surface area (Å²) in [4.78, 5) is 0. The Morgan fingerprint density at radius 3 is 2.50 bits per heavy atom. The minimum atomic E-state index is 0.873. The van der Waals surface area contributed by atoms with Crippen LogP contribution in [-0.2, 0) is 0 Å². The number of nitrogens with one attached hydrogen (secondary N) is 1. The average molecular weight is 235 g/mol. The first-order chi connectivity index (χ1) is 8.84. The van der Waals surface area contributed by atoms with Crippen molar-refractivity contribution in [2.75, 3.05) is 0 Å². The zero-order chi connectivity index (χ0) is 12.4. The van der Waals surface area contributed by atoms with Crippen LogP contribution >= 0.6 is 0 Å². The van der Waals surface area contributed by atoms with Crippen LogP contribution in [-0.4, -0.2) is 15.4 Å². The van der Waals surface area contributed by atoms with Crippen molar-refractivity contribution in [3.05, 3.63) is 60.3 Å². The average Bonchev–Trinajstić information content (AvgIpc) is 2.93. The number of benzene rings is 2. The largest absolute Gasteiger partial charge is 0.197 e. The standard InChI is InChI=1S/C15H13N3/c1-11-7-8-13(12-5-3-2-4-6-12)14(9-11)15-10-16-18-17-15/h2-10H,1H3,(H,16,17,18). The van der Waals surface area contributed by atoms with E-state index in [4.69, 9.17) is 0 Å². The van der Waals surface area contributed by atoms with E-state index >= 15 is 0 Å². The van der Waals surface area contributed by atoms with Gasteiger partial charge in [0, 0.05) is 5.56 Å². The first kappa shape index (κ1) is 10.7. The van der Waals surface area contributed by atoms with E-state index in [1.165, 1.54) is 16.7 Å². The Kier molecular flexibility index (Phi) is 2.65. The molecule has 18 heavy (non-hydrogen) atoms. The maximum atomic E-state index is 4.18. The predicted octanol–water partition coefficient (Wildman–Crippen LogP) is 3.45. The molecule has 3 rings (SSSR count). The third kappa shape index (κ3) is 1.91. The van der Waals surface area contributed by atoms with Crippen molar-refractivity contribution < 1.29 is 0 Å². The van der Waals surface area contributed by atoms with Crippen LogP contribution in [0.4, 0.5) is 0 Å². The number of hydrogen-bond acceptors (Lipinski definition) is 2. The molecule has 0 radical (unpaired) electrons. The summed E-state index contributed by atoms with van der Waals surface area (Å²) in [7, 11) is 0. The number of rotatable bonds is 2.